The van der Waals surface area contributed by atoms with Crippen LogP contribution in [0.5, 0.6) is 0 Å². The van der Waals surface area contributed by atoms with Crippen LogP contribution in [0.15, 0.2) is 4.99 Å². The number of ether oxygens (including phenoxy) is 1. The Kier molecular flexibility index (Phi) is 15.0. The van der Waals surface area contributed by atoms with Crippen LogP contribution in [0.2, 0.25) is 0 Å². The lowest BCUT2D eigenvalue weighted by Gasteiger charge is -2.19. The lowest BCUT2D eigenvalue weighted by atomic mass is 10.3. The molecular formula is C12H29IN4O. The molecule has 18 heavy (non-hydrogen) atoms. The SMILES string of the molecule is CCC(C)NC(=NC)NCCN(C)CCOC.I. The van der Waals surface area contributed by atoms with Gasteiger partial charge < -0.3 is 20.3 Å². The van der Waals surface area contributed by atoms with Gasteiger partial charge in [-0.2, -0.15) is 0 Å². The number of rotatable bonds is 8. The summed E-state index contributed by atoms with van der Waals surface area (Å²) in [7, 11) is 5.61. The van der Waals surface area contributed by atoms with Crippen molar-refractivity contribution in [2.75, 3.05) is 47.4 Å². The van der Waals surface area contributed by atoms with E-state index in [0.717, 1.165) is 38.6 Å². The molecule has 6 heteroatoms. The summed E-state index contributed by atoms with van der Waals surface area (Å²) in [5.41, 5.74) is 0. The molecular weight excluding hydrogens is 343 g/mol. The molecule has 0 saturated heterocycles. The van der Waals surface area contributed by atoms with Gasteiger partial charge in [-0.1, -0.05) is 6.92 Å². The fourth-order valence-electron chi connectivity index (χ4n) is 1.25. The van der Waals surface area contributed by atoms with Crippen molar-refractivity contribution in [1.82, 2.24) is 15.5 Å². The fraction of sp³-hybridized carbons (Fsp3) is 0.917. The highest BCUT2D eigenvalue weighted by molar-refractivity contribution is 14.0. The van der Waals surface area contributed by atoms with E-state index in [0.29, 0.717) is 6.04 Å². The van der Waals surface area contributed by atoms with Gasteiger partial charge in [0.25, 0.3) is 0 Å². The minimum Gasteiger partial charge on any atom is -0.383 e. The molecule has 0 amide bonds. The Hall–Kier alpha value is -0.0800. The average Bonchev–Trinajstić information content (AvgIpc) is 2.34. The number of nitrogens with zero attached hydrogens (tertiary/aromatic N) is 2. The normalized spacial score (nSPS) is 13.1. The van der Waals surface area contributed by atoms with Crippen molar-refractivity contribution < 1.29 is 4.74 Å². The summed E-state index contributed by atoms with van der Waals surface area (Å²) in [6, 6.07) is 0.451. The molecule has 0 aliphatic carbocycles. The maximum atomic E-state index is 5.03. The third-order valence-corrected chi connectivity index (χ3v) is 2.68. The largest absolute Gasteiger partial charge is 0.383 e. The zero-order valence-electron chi connectivity index (χ0n) is 12.3. The molecule has 0 spiro atoms. The minimum absolute atomic E-state index is 0. The second kappa shape index (κ2) is 13.4. The first-order valence-corrected chi connectivity index (χ1v) is 6.28. The fourth-order valence-corrected chi connectivity index (χ4v) is 1.25. The van der Waals surface area contributed by atoms with Crippen LogP contribution in [-0.4, -0.2) is 64.3 Å². The second-order valence-corrected chi connectivity index (χ2v) is 4.25. The van der Waals surface area contributed by atoms with Gasteiger partial charge in [0, 0.05) is 39.8 Å². The Balaban J connectivity index is 0. The van der Waals surface area contributed by atoms with E-state index in [1.807, 2.05) is 0 Å². The Labute approximate surface area is 129 Å². The maximum absolute atomic E-state index is 5.03. The summed E-state index contributed by atoms with van der Waals surface area (Å²) >= 11 is 0. The molecule has 0 bridgehead atoms. The van der Waals surface area contributed by atoms with Gasteiger partial charge in [-0.15, -0.1) is 24.0 Å². The van der Waals surface area contributed by atoms with E-state index in [2.05, 4.69) is 41.4 Å². The van der Waals surface area contributed by atoms with E-state index < -0.39 is 0 Å². The van der Waals surface area contributed by atoms with Crippen molar-refractivity contribution in [1.29, 1.82) is 0 Å². The smallest absolute Gasteiger partial charge is 0.191 e. The molecule has 1 atom stereocenters. The van der Waals surface area contributed by atoms with Gasteiger partial charge in [-0.25, -0.2) is 0 Å². The van der Waals surface area contributed by atoms with Crippen LogP contribution in [0.4, 0.5) is 0 Å². The molecule has 0 radical (unpaired) electrons. The maximum Gasteiger partial charge on any atom is 0.191 e. The predicted molar refractivity (Wildman–Crippen MR) is 89.0 cm³/mol. The number of likely N-dealkylation sites (N-methyl/N-ethyl adjacent to an activating group) is 1. The van der Waals surface area contributed by atoms with E-state index in [1.54, 1.807) is 14.2 Å². The summed E-state index contributed by atoms with van der Waals surface area (Å²) in [6.07, 6.45) is 1.09. The molecule has 0 aromatic carbocycles. The predicted octanol–water partition coefficient (Wildman–Crippen LogP) is 1.15. The van der Waals surface area contributed by atoms with Crippen molar-refractivity contribution in [3.05, 3.63) is 0 Å². The van der Waals surface area contributed by atoms with Crippen LogP contribution >= 0.6 is 24.0 Å². The first kappa shape index (κ1) is 20.2. The molecule has 0 aliphatic heterocycles. The van der Waals surface area contributed by atoms with Crippen LogP contribution in [-0.2, 0) is 4.74 Å². The van der Waals surface area contributed by atoms with Crippen LogP contribution in [0, 0.1) is 0 Å². The van der Waals surface area contributed by atoms with Crippen LogP contribution in [0.1, 0.15) is 20.3 Å². The highest BCUT2D eigenvalue weighted by Gasteiger charge is 2.02. The molecule has 110 valence electrons. The van der Waals surface area contributed by atoms with Crippen LogP contribution in [0.25, 0.3) is 0 Å². The molecule has 0 aromatic heterocycles. The van der Waals surface area contributed by atoms with Gasteiger partial charge in [0.1, 0.15) is 0 Å². The van der Waals surface area contributed by atoms with E-state index in [-0.39, 0.29) is 24.0 Å². The third kappa shape index (κ3) is 11.0. The molecule has 0 rings (SSSR count). The Morgan fingerprint density at radius 1 is 1.39 bits per heavy atom. The van der Waals surface area contributed by atoms with Crippen molar-refractivity contribution in [3.8, 4) is 0 Å². The van der Waals surface area contributed by atoms with E-state index in [4.69, 9.17) is 4.74 Å². The zero-order valence-corrected chi connectivity index (χ0v) is 14.7. The summed E-state index contributed by atoms with van der Waals surface area (Å²) < 4.78 is 5.03. The lowest BCUT2D eigenvalue weighted by Crippen LogP contribution is -2.44. The third-order valence-electron chi connectivity index (χ3n) is 2.68. The van der Waals surface area contributed by atoms with Gasteiger partial charge in [0.2, 0.25) is 0 Å². The van der Waals surface area contributed by atoms with E-state index in [1.165, 1.54) is 0 Å². The van der Waals surface area contributed by atoms with Crippen molar-refractivity contribution in [2.24, 2.45) is 4.99 Å². The van der Waals surface area contributed by atoms with E-state index in [9.17, 15) is 0 Å². The second-order valence-electron chi connectivity index (χ2n) is 4.25. The quantitative estimate of drug-likeness (QED) is 0.381. The number of aliphatic imine (C=N–C) groups is 1. The summed E-state index contributed by atoms with van der Waals surface area (Å²) in [4.78, 5) is 6.42. The van der Waals surface area contributed by atoms with Gasteiger partial charge >= 0.3 is 0 Å². The van der Waals surface area contributed by atoms with E-state index >= 15 is 0 Å². The molecule has 0 saturated carbocycles. The molecule has 2 N–H and O–H groups in total. The molecule has 0 fully saturated rings. The molecule has 0 aromatic rings. The number of nitrogens with one attached hydrogen (secondary N) is 2. The summed E-state index contributed by atoms with van der Waals surface area (Å²) in [5, 5.41) is 6.63. The number of hydrogen-bond donors (Lipinski definition) is 2. The summed E-state index contributed by atoms with van der Waals surface area (Å²) in [5.74, 6) is 0.875. The topological polar surface area (TPSA) is 48.9 Å². The molecule has 5 nitrogen and oxygen atoms in total. The van der Waals surface area contributed by atoms with Gasteiger partial charge in [-0.3, -0.25) is 4.99 Å². The standard InChI is InChI=1S/C12H28N4O.HI/c1-6-11(2)15-12(13-3)14-7-8-16(4)9-10-17-5;/h11H,6-10H2,1-5H3,(H2,13,14,15);1H. The van der Waals surface area contributed by atoms with Crippen molar-refractivity contribution >= 4 is 29.9 Å². The highest BCUT2D eigenvalue weighted by Crippen LogP contribution is 1.87. The minimum atomic E-state index is 0. The Morgan fingerprint density at radius 3 is 2.56 bits per heavy atom. The first-order valence-electron chi connectivity index (χ1n) is 6.28. The van der Waals surface area contributed by atoms with Crippen molar-refractivity contribution in [3.63, 3.8) is 0 Å². The molecule has 0 aliphatic rings. The average molecular weight is 372 g/mol. The molecule has 1 unspecified atom stereocenters. The Morgan fingerprint density at radius 2 is 2.06 bits per heavy atom. The van der Waals surface area contributed by atoms with Crippen molar-refractivity contribution in [2.45, 2.75) is 26.3 Å². The monoisotopic (exact) mass is 372 g/mol. The Bertz CT molecular complexity index is 214. The molecule has 0 heterocycles. The number of methoxy groups -OCH3 is 1. The number of hydrogen-bond acceptors (Lipinski definition) is 3. The van der Waals surface area contributed by atoms with Gasteiger partial charge in [0.15, 0.2) is 5.96 Å². The van der Waals surface area contributed by atoms with Crippen LogP contribution < -0.4 is 10.6 Å². The first-order chi connectivity index (χ1) is 8.13. The zero-order chi connectivity index (χ0) is 13.1. The van der Waals surface area contributed by atoms with Gasteiger partial charge in [0.05, 0.1) is 6.61 Å². The van der Waals surface area contributed by atoms with Crippen LogP contribution in [0.3, 0.4) is 0 Å². The lowest BCUT2D eigenvalue weighted by molar-refractivity contribution is 0.162. The van der Waals surface area contributed by atoms with Gasteiger partial charge in [-0.05, 0) is 20.4 Å². The number of guanidine groups is 1. The number of halogens is 1. The summed E-state index contributed by atoms with van der Waals surface area (Å²) in [6.45, 7) is 7.90. The highest BCUT2D eigenvalue weighted by atomic mass is 127.